The van der Waals surface area contributed by atoms with Crippen molar-refractivity contribution in [2.75, 3.05) is 5.32 Å². The molecule has 1 aliphatic rings. The fourth-order valence-corrected chi connectivity index (χ4v) is 3.57. The number of amides is 1. The van der Waals surface area contributed by atoms with Crippen LogP contribution in [-0.4, -0.2) is 15.9 Å². The minimum absolute atomic E-state index is 0.138. The molecule has 0 bridgehead atoms. The van der Waals surface area contributed by atoms with Crippen LogP contribution in [0.1, 0.15) is 42.5 Å². The van der Waals surface area contributed by atoms with E-state index in [0.29, 0.717) is 0 Å². The van der Waals surface area contributed by atoms with E-state index < -0.39 is 0 Å². The summed E-state index contributed by atoms with van der Waals surface area (Å²) in [5.41, 5.74) is 1.21. The molecule has 1 amide bonds. The van der Waals surface area contributed by atoms with E-state index in [0.717, 1.165) is 29.3 Å². The first-order chi connectivity index (χ1) is 10.3. The Balaban J connectivity index is 1.58. The molecule has 1 aliphatic carbocycles. The predicted molar refractivity (Wildman–Crippen MR) is 84.4 cm³/mol. The van der Waals surface area contributed by atoms with Crippen molar-refractivity contribution < 1.29 is 4.79 Å². The Morgan fingerprint density at radius 1 is 1.24 bits per heavy atom. The highest BCUT2D eigenvalue weighted by Crippen LogP contribution is 2.26. The normalized spacial score (nSPS) is 15.8. The van der Waals surface area contributed by atoms with Crippen molar-refractivity contribution in [1.82, 2.24) is 9.97 Å². The lowest BCUT2D eigenvalue weighted by Crippen LogP contribution is -2.24. The topological polar surface area (TPSA) is 54.9 Å². The third-order valence-electron chi connectivity index (χ3n) is 3.89. The molecule has 3 rings (SSSR count). The molecule has 0 radical (unpaired) electrons. The van der Waals surface area contributed by atoms with Crippen LogP contribution in [0.3, 0.4) is 0 Å². The number of thiazole rings is 1. The number of hydrogen-bond donors (Lipinski definition) is 1. The minimum Gasteiger partial charge on any atom is -0.302 e. The summed E-state index contributed by atoms with van der Waals surface area (Å²) in [5.74, 6) is 0.311. The van der Waals surface area contributed by atoms with E-state index in [2.05, 4.69) is 15.3 Å². The maximum atomic E-state index is 12.2. The standard InChI is InChI=1S/C16H19N3OS/c20-15(13-4-2-1-3-5-13)19-16-18-11-14(21-16)10-12-6-8-17-9-7-12/h6-9,11,13H,1-5,10H2,(H,18,19,20). The summed E-state index contributed by atoms with van der Waals surface area (Å²) < 4.78 is 0. The maximum Gasteiger partial charge on any atom is 0.229 e. The summed E-state index contributed by atoms with van der Waals surface area (Å²) in [6, 6.07) is 4.00. The third-order valence-corrected chi connectivity index (χ3v) is 4.80. The van der Waals surface area contributed by atoms with Gasteiger partial charge in [0, 0.05) is 35.8 Å². The molecule has 1 saturated carbocycles. The average molecular weight is 301 g/mol. The number of carbonyl (C=O) groups excluding carboxylic acids is 1. The second-order valence-corrected chi connectivity index (χ2v) is 6.60. The van der Waals surface area contributed by atoms with E-state index in [1.807, 2.05) is 18.3 Å². The van der Waals surface area contributed by atoms with Gasteiger partial charge in [-0.25, -0.2) is 4.98 Å². The van der Waals surface area contributed by atoms with E-state index in [1.165, 1.54) is 24.8 Å². The Kier molecular flexibility index (Phi) is 4.60. The van der Waals surface area contributed by atoms with Crippen LogP contribution in [0.2, 0.25) is 0 Å². The number of nitrogens with zero attached hydrogens (tertiary/aromatic N) is 2. The van der Waals surface area contributed by atoms with Gasteiger partial charge in [0.05, 0.1) is 0 Å². The molecule has 21 heavy (non-hydrogen) atoms. The third kappa shape index (κ3) is 3.88. The van der Waals surface area contributed by atoms with Crippen molar-refractivity contribution in [1.29, 1.82) is 0 Å². The Labute approximate surface area is 128 Å². The van der Waals surface area contributed by atoms with Crippen molar-refractivity contribution in [2.24, 2.45) is 5.92 Å². The molecular formula is C16H19N3OS. The number of rotatable bonds is 4. The van der Waals surface area contributed by atoms with E-state index >= 15 is 0 Å². The number of hydrogen-bond acceptors (Lipinski definition) is 4. The Bertz CT molecular complexity index is 591. The van der Waals surface area contributed by atoms with Crippen LogP contribution in [0, 0.1) is 5.92 Å². The van der Waals surface area contributed by atoms with Crippen molar-refractivity contribution in [3.8, 4) is 0 Å². The lowest BCUT2D eigenvalue weighted by atomic mass is 9.89. The second kappa shape index (κ2) is 6.80. The smallest absolute Gasteiger partial charge is 0.229 e. The van der Waals surface area contributed by atoms with Gasteiger partial charge >= 0.3 is 0 Å². The predicted octanol–water partition coefficient (Wildman–Crippen LogP) is 3.65. The van der Waals surface area contributed by atoms with Gasteiger partial charge in [0.1, 0.15) is 0 Å². The molecule has 0 unspecified atom stereocenters. The van der Waals surface area contributed by atoms with E-state index in [-0.39, 0.29) is 11.8 Å². The molecule has 0 spiro atoms. The van der Waals surface area contributed by atoms with Crippen molar-refractivity contribution in [3.05, 3.63) is 41.2 Å². The van der Waals surface area contributed by atoms with Gasteiger partial charge < -0.3 is 5.32 Å². The van der Waals surface area contributed by atoms with Crippen LogP contribution >= 0.6 is 11.3 Å². The zero-order valence-corrected chi connectivity index (χ0v) is 12.7. The highest BCUT2D eigenvalue weighted by molar-refractivity contribution is 7.15. The molecule has 5 heteroatoms. The van der Waals surface area contributed by atoms with Crippen LogP contribution in [-0.2, 0) is 11.2 Å². The fourth-order valence-electron chi connectivity index (χ4n) is 2.72. The molecule has 0 atom stereocenters. The van der Waals surface area contributed by atoms with Crippen molar-refractivity contribution in [3.63, 3.8) is 0 Å². The van der Waals surface area contributed by atoms with Gasteiger partial charge in [-0.2, -0.15) is 0 Å². The summed E-state index contributed by atoms with van der Waals surface area (Å²) in [6.07, 6.45) is 11.9. The summed E-state index contributed by atoms with van der Waals surface area (Å²) in [4.78, 5) is 21.7. The van der Waals surface area contributed by atoms with Crippen LogP contribution in [0.4, 0.5) is 5.13 Å². The monoisotopic (exact) mass is 301 g/mol. The molecule has 4 nitrogen and oxygen atoms in total. The highest BCUT2D eigenvalue weighted by atomic mass is 32.1. The van der Waals surface area contributed by atoms with Crippen LogP contribution in [0.25, 0.3) is 0 Å². The molecule has 2 heterocycles. The highest BCUT2D eigenvalue weighted by Gasteiger charge is 2.21. The zero-order chi connectivity index (χ0) is 14.5. The van der Waals surface area contributed by atoms with Crippen LogP contribution < -0.4 is 5.32 Å². The SMILES string of the molecule is O=C(Nc1ncc(Cc2ccncc2)s1)C1CCCCC1. The Morgan fingerprint density at radius 2 is 2.00 bits per heavy atom. The van der Waals surface area contributed by atoms with Crippen molar-refractivity contribution >= 4 is 22.4 Å². The molecule has 1 N–H and O–H groups in total. The van der Waals surface area contributed by atoms with E-state index in [9.17, 15) is 4.79 Å². The van der Waals surface area contributed by atoms with Gasteiger partial charge in [0.25, 0.3) is 0 Å². The first-order valence-corrected chi connectivity index (χ1v) is 8.27. The van der Waals surface area contributed by atoms with Crippen LogP contribution in [0.15, 0.2) is 30.7 Å². The van der Waals surface area contributed by atoms with E-state index in [1.54, 1.807) is 23.7 Å². The molecule has 110 valence electrons. The largest absolute Gasteiger partial charge is 0.302 e. The summed E-state index contributed by atoms with van der Waals surface area (Å²) >= 11 is 1.56. The minimum atomic E-state index is 0.138. The summed E-state index contributed by atoms with van der Waals surface area (Å²) in [7, 11) is 0. The lowest BCUT2D eigenvalue weighted by Gasteiger charge is -2.19. The zero-order valence-electron chi connectivity index (χ0n) is 11.9. The average Bonchev–Trinajstić information content (AvgIpc) is 2.96. The molecule has 2 aromatic heterocycles. The number of anilines is 1. The molecule has 0 aromatic carbocycles. The first kappa shape index (κ1) is 14.2. The molecule has 0 saturated heterocycles. The maximum absolute atomic E-state index is 12.2. The van der Waals surface area contributed by atoms with Gasteiger partial charge in [-0.3, -0.25) is 9.78 Å². The number of nitrogens with one attached hydrogen (secondary N) is 1. The quantitative estimate of drug-likeness (QED) is 0.938. The fraction of sp³-hybridized carbons (Fsp3) is 0.438. The Morgan fingerprint density at radius 3 is 2.76 bits per heavy atom. The van der Waals surface area contributed by atoms with Gasteiger partial charge in [-0.1, -0.05) is 19.3 Å². The van der Waals surface area contributed by atoms with Crippen molar-refractivity contribution in [2.45, 2.75) is 38.5 Å². The molecule has 2 aromatic rings. The molecule has 0 aliphatic heterocycles. The van der Waals surface area contributed by atoms with Crippen LogP contribution in [0.5, 0.6) is 0 Å². The lowest BCUT2D eigenvalue weighted by molar-refractivity contribution is -0.120. The molecular weight excluding hydrogens is 282 g/mol. The van der Waals surface area contributed by atoms with E-state index in [4.69, 9.17) is 0 Å². The van der Waals surface area contributed by atoms with Gasteiger partial charge in [-0.05, 0) is 30.5 Å². The Hall–Kier alpha value is -1.75. The first-order valence-electron chi connectivity index (χ1n) is 7.46. The second-order valence-electron chi connectivity index (χ2n) is 5.49. The number of pyridine rings is 1. The molecule has 1 fully saturated rings. The van der Waals surface area contributed by atoms with Gasteiger partial charge in [-0.15, -0.1) is 11.3 Å². The number of aromatic nitrogens is 2. The summed E-state index contributed by atoms with van der Waals surface area (Å²) in [5, 5.41) is 3.69. The summed E-state index contributed by atoms with van der Waals surface area (Å²) in [6.45, 7) is 0. The number of carbonyl (C=O) groups is 1. The van der Waals surface area contributed by atoms with Gasteiger partial charge in [0.15, 0.2) is 5.13 Å². The van der Waals surface area contributed by atoms with Gasteiger partial charge in [0.2, 0.25) is 5.91 Å².